The molecule has 0 amide bonds. The summed E-state index contributed by atoms with van der Waals surface area (Å²) in [4.78, 5) is 12.0. The molecule has 0 spiro atoms. The smallest absolute Gasteiger partial charge is 0.308 e. The van der Waals surface area contributed by atoms with Crippen molar-refractivity contribution in [3.05, 3.63) is 39.4 Å². The molecule has 2 aromatic heterocycles. The first-order valence-electron chi connectivity index (χ1n) is 5.30. The van der Waals surface area contributed by atoms with Crippen LogP contribution in [0.4, 0.5) is 0 Å². The fourth-order valence-electron chi connectivity index (χ4n) is 1.40. The average molecular weight is 317 g/mol. The molecule has 2 aromatic rings. The molecule has 0 bridgehead atoms. The molecule has 5 nitrogen and oxygen atoms in total. The Bertz CT molecular complexity index is 658. The third-order valence-corrected chi connectivity index (χ3v) is 6.10. The predicted octanol–water partition coefficient (Wildman–Crippen LogP) is 1.92. The SMILES string of the molecule is O=C(O)Cc1ccc(S(=O)(=O)NCc2cccs2)s1. The summed E-state index contributed by atoms with van der Waals surface area (Å²) in [6, 6.07) is 6.65. The van der Waals surface area contributed by atoms with E-state index < -0.39 is 16.0 Å². The van der Waals surface area contributed by atoms with Crippen LogP contribution < -0.4 is 4.72 Å². The van der Waals surface area contributed by atoms with E-state index in [0.29, 0.717) is 4.88 Å². The second kappa shape index (κ2) is 5.83. The van der Waals surface area contributed by atoms with Gasteiger partial charge in [-0.25, -0.2) is 13.1 Å². The predicted molar refractivity (Wildman–Crippen MR) is 74.0 cm³/mol. The van der Waals surface area contributed by atoms with Crippen LogP contribution in [0.2, 0.25) is 0 Å². The zero-order valence-corrected chi connectivity index (χ0v) is 12.1. The number of rotatable bonds is 6. The van der Waals surface area contributed by atoms with Crippen molar-refractivity contribution < 1.29 is 18.3 Å². The van der Waals surface area contributed by atoms with Crippen molar-refractivity contribution in [2.24, 2.45) is 0 Å². The van der Waals surface area contributed by atoms with Crippen molar-refractivity contribution in [3.8, 4) is 0 Å². The molecule has 102 valence electrons. The fraction of sp³-hybridized carbons (Fsp3) is 0.182. The largest absolute Gasteiger partial charge is 0.481 e. The highest BCUT2D eigenvalue weighted by Gasteiger charge is 2.17. The lowest BCUT2D eigenvalue weighted by Gasteiger charge is -2.02. The van der Waals surface area contributed by atoms with Crippen LogP contribution in [0, 0.1) is 0 Å². The van der Waals surface area contributed by atoms with E-state index in [1.165, 1.54) is 23.5 Å². The number of aliphatic carboxylic acids is 1. The molecule has 19 heavy (non-hydrogen) atoms. The first kappa shape index (κ1) is 14.2. The van der Waals surface area contributed by atoms with Gasteiger partial charge >= 0.3 is 5.97 Å². The van der Waals surface area contributed by atoms with Gasteiger partial charge < -0.3 is 5.11 Å². The van der Waals surface area contributed by atoms with Gasteiger partial charge in [0.2, 0.25) is 10.0 Å². The van der Waals surface area contributed by atoms with Crippen molar-refractivity contribution in [2.45, 2.75) is 17.2 Å². The molecular weight excluding hydrogens is 306 g/mol. The molecule has 0 aliphatic rings. The zero-order valence-electron chi connectivity index (χ0n) is 9.70. The number of hydrogen-bond donors (Lipinski definition) is 2. The highest BCUT2D eigenvalue weighted by atomic mass is 32.2. The van der Waals surface area contributed by atoms with Crippen molar-refractivity contribution in [2.75, 3.05) is 0 Å². The second-order valence-corrected chi connectivity index (χ2v) is 7.89. The Balaban J connectivity index is 2.06. The lowest BCUT2D eigenvalue weighted by atomic mass is 10.3. The number of sulfonamides is 1. The van der Waals surface area contributed by atoms with Gasteiger partial charge in [-0.2, -0.15) is 0 Å². The lowest BCUT2D eigenvalue weighted by Crippen LogP contribution is -2.21. The maximum absolute atomic E-state index is 12.0. The molecule has 0 radical (unpaired) electrons. The molecular formula is C11H11NO4S3. The normalized spacial score (nSPS) is 11.6. The Kier molecular flexibility index (Phi) is 4.35. The summed E-state index contributed by atoms with van der Waals surface area (Å²) in [7, 11) is -3.57. The molecule has 0 fully saturated rings. The van der Waals surface area contributed by atoms with Crippen LogP contribution in [-0.4, -0.2) is 19.5 Å². The van der Waals surface area contributed by atoms with Gasteiger partial charge in [-0.3, -0.25) is 4.79 Å². The summed E-state index contributed by atoms with van der Waals surface area (Å²) < 4.78 is 26.6. The maximum Gasteiger partial charge on any atom is 0.308 e. The van der Waals surface area contributed by atoms with E-state index in [1.54, 1.807) is 0 Å². The highest BCUT2D eigenvalue weighted by molar-refractivity contribution is 7.91. The van der Waals surface area contributed by atoms with E-state index >= 15 is 0 Å². The van der Waals surface area contributed by atoms with Gasteiger partial charge in [-0.15, -0.1) is 22.7 Å². The molecule has 0 aliphatic carbocycles. The van der Waals surface area contributed by atoms with Crippen molar-refractivity contribution in [1.82, 2.24) is 4.72 Å². The number of nitrogens with one attached hydrogen (secondary N) is 1. The van der Waals surface area contributed by atoms with E-state index in [2.05, 4.69) is 4.72 Å². The van der Waals surface area contributed by atoms with Crippen LogP contribution >= 0.6 is 22.7 Å². The third-order valence-electron chi connectivity index (χ3n) is 2.24. The minimum atomic E-state index is -3.57. The summed E-state index contributed by atoms with van der Waals surface area (Å²) in [6.07, 6.45) is -0.162. The Morgan fingerprint density at radius 3 is 2.68 bits per heavy atom. The van der Waals surface area contributed by atoms with Crippen LogP contribution in [0.1, 0.15) is 9.75 Å². The quantitative estimate of drug-likeness (QED) is 0.852. The number of hydrogen-bond acceptors (Lipinski definition) is 5. The van der Waals surface area contributed by atoms with Gasteiger partial charge in [-0.1, -0.05) is 6.07 Å². The van der Waals surface area contributed by atoms with Crippen LogP contribution in [0.15, 0.2) is 33.9 Å². The molecule has 0 saturated heterocycles. The van der Waals surface area contributed by atoms with Gasteiger partial charge in [0.1, 0.15) is 4.21 Å². The lowest BCUT2D eigenvalue weighted by molar-refractivity contribution is -0.136. The number of thiophene rings is 2. The van der Waals surface area contributed by atoms with Crippen molar-refractivity contribution in [3.63, 3.8) is 0 Å². The van der Waals surface area contributed by atoms with Gasteiger partial charge in [0.25, 0.3) is 0 Å². The van der Waals surface area contributed by atoms with Gasteiger partial charge in [-0.05, 0) is 23.6 Å². The zero-order chi connectivity index (χ0) is 13.9. The molecule has 0 aromatic carbocycles. The molecule has 2 N–H and O–H groups in total. The van der Waals surface area contributed by atoms with Gasteiger partial charge in [0.05, 0.1) is 6.42 Å². The Morgan fingerprint density at radius 1 is 1.26 bits per heavy atom. The minimum absolute atomic E-state index is 0.139. The second-order valence-electron chi connectivity index (χ2n) is 3.70. The minimum Gasteiger partial charge on any atom is -0.481 e. The van der Waals surface area contributed by atoms with Crippen LogP contribution in [0.5, 0.6) is 0 Å². The first-order chi connectivity index (χ1) is 8.97. The highest BCUT2D eigenvalue weighted by Crippen LogP contribution is 2.22. The summed E-state index contributed by atoms with van der Waals surface area (Å²) in [5, 5.41) is 10.5. The molecule has 0 aliphatic heterocycles. The summed E-state index contributed by atoms with van der Waals surface area (Å²) in [6.45, 7) is 0.242. The van der Waals surface area contributed by atoms with E-state index in [-0.39, 0.29) is 17.2 Å². The average Bonchev–Trinajstić information content (AvgIpc) is 2.96. The molecule has 0 atom stereocenters. The van der Waals surface area contributed by atoms with E-state index in [4.69, 9.17) is 5.11 Å². The topological polar surface area (TPSA) is 83.5 Å². The Hall–Kier alpha value is -1.22. The maximum atomic E-state index is 12.0. The standard InChI is InChI=1S/C11H11NO4S3/c13-10(14)6-8-3-4-11(18-8)19(15,16)12-7-9-2-1-5-17-9/h1-5,12H,6-7H2,(H,13,14). The van der Waals surface area contributed by atoms with E-state index in [1.807, 2.05) is 17.5 Å². The van der Waals surface area contributed by atoms with Crippen LogP contribution in [-0.2, 0) is 27.8 Å². The number of carbonyl (C=O) groups is 1. The van der Waals surface area contributed by atoms with Crippen molar-refractivity contribution >= 4 is 38.7 Å². The third kappa shape index (κ3) is 3.87. The fourth-order valence-corrected chi connectivity index (χ4v) is 4.53. The van der Waals surface area contributed by atoms with Gasteiger partial charge in [0.15, 0.2) is 0 Å². The van der Waals surface area contributed by atoms with Crippen LogP contribution in [0.25, 0.3) is 0 Å². The van der Waals surface area contributed by atoms with E-state index in [0.717, 1.165) is 16.2 Å². The Labute approximate surface area is 118 Å². The number of carboxylic acid groups (broad SMARTS) is 1. The van der Waals surface area contributed by atoms with E-state index in [9.17, 15) is 13.2 Å². The molecule has 0 saturated carbocycles. The number of carboxylic acids is 1. The van der Waals surface area contributed by atoms with Crippen LogP contribution in [0.3, 0.4) is 0 Å². The molecule has 2 heterocycles. The Morgan fingerprint density at radius 2 is 2.05 bits per heavy atom. The molecule has 8 heteroatoms. The molecule has 0 unspecified atom stereocenters. The first-order valence-corrected chi connectivity index (χ1v) is 8.48. The monoisotopic (exact) mass is 317 g/mol. The van der Waals surface area contributed by atoms with Gasteiger partial charge in [0, 0.05) is 16.3 Å². The van der Waals surface area contributed by atoms with Crippen molar-refractivity contribution in [1.29, 1.82) is 0 Å². The summed E-state index contributed by atoms with van der Waals surface area (Å²) in [5.41, 5.74) is 0. The molecule has 2 rings (SSSR count). The summed E-state index contributed by atoms with van der Waals surface area (Å²) in [5.74, 6) is -0.975. The summed E-state index contributed by atoms with van der Waals surface area (Å²) >= 11 is 2.45.